The first kappa shape index (κ1) is 22.0. The van der Waals surface area contributed by atoms with Gasteiger partial charge in [0.25, 0.3) is 0 Å². The molecule has 22 heavy (non-hydrogen) atoms. The molecule has 0 aliphatic carbocycles. The Balaban J connectivity index is 5.43. The lowest BCUT2D eigenvalue weighted by molar-refractivity contribution is -0.976. The first-order valence-electron chi connectivity index (χ1n) is 10.4. The van der Waals surface area contributed by atoms with Gasteiger partial charge < -0.3 is 4.48 Å². The molecule has 1 atom stereocenters. The molecule has 0 saturated carbocycles. The minimum absolute atomic E-state index is 0.504. The molecule has 0 heterocycles. The fourth-order valence-corrected chi connectivity index (χ4v) is 4.22. The van der Waals surface area contributed by atoms with Crippen molar-refractivity contribution in [2.45, 2.75) is 118 Å². The number of hydrogen-bond donors (Lipinski definition) is 0. The van der Waals surface area contributed by atoms with E-state index in [2.05, 4.69) is 41.5 Å². The minimum atomic E-state index is 0.504. The van der Waals surface area contributed by atoms with Crippen molar-refractivity contribution in [2.24, 2.45) is 0 Å². The molecule has 0 bridgehead atoms. The zero-order chi connectivity index (χ0) is 16.9. The summed E-state index contributed by atoms with van der Waals surface area (Å²) < 4.78 is 1.41. The Hall–Kier alpha value is -0.0400. The van der Waals surface area contributed by atoms with Crippen LogP contribution in [0.15, 0.2) is 0 Å². The Bertz CT molecular complexity index is 227. The molecule has 0 amide bonds. The number of nitrogens with zero attached hydrogens (tertiary/aromatic N) is 1. The second-order valence-corrected chi connectivity index (χ2v) is 7.73. The molecule has 1 heteroatoms. The molecule has 134 valence electrons. The molecule has 0 spiro atoms. The maximum atomic E-state index is 2.63. The van der Waals surface area contributed by atoms with Crippen LogP contribution in [0.3, 0.4) is 0 Å². The lowest BCUT2D eigenvalue weighted by Crippen LogP contribution is -2.64. The van der Waals surface area contributed by atoms with E-state index >= 15 is 0 Å². The van der Waals surface area contributed by atoms with Crippen molar-refractivity contribution in [1.82, 2.24) is 0 Å². The zero-order valence-electron chi connectivity index (χ0n) is 16.8. The van der Waals surface area contributed by atoms with Crippen molar-refractivity contribution >= 4 is 0 Å². The molecule has 0 radical (unpaired) electrons. The van der Waals surface area contributed by atoms with E-state index < -0.39 is 0 Å². The fourth-order valence-electron chi connectivity index (χ4n) is 4.22. The van der Waals surface area contributed by atoms with E-state index in [1.54, 1.807) is 0 Å². The Morgan fingerprint density at radius 3 is 1.27 bits per heavy atom. The predicted molar refractivity (Wildman–Crippen MR) is 102 cm³/mol. The van der Waals surface area contributed by atoms with Gasteiger partial charge in [-0.15, -0.1) is 0 Å². The number of hydrogen-bond acceptors (Lipinski definition) is 0. The Morgan fingerprint density at radius 2 is 0.955 bits per heavy atom. The van der Waals surface area contributed by atoms with E-state index in [0.29, 0.717) is 5.54 Å². The van der Waals surface area contributed by atoms with Gasteiger partial charge in [0, 0.05) is 12.8 Å². The number of rotatable bonds is 15. The normalized spacial score (nSPS) is 15.0. The molecule has 1 nitrogen and oxygen atoms in total. The van der Waals surface area contributed by atoms with Crippen LogP contribution in [-0.4, -0.2) is 29.7 Å². The Kier molecular flexibility index (Phi) is 12.4. The van der Waals surface area contributed by atoms with E-state index in [9.17, 15) is 0 Å². The maximum Gasteiger partial charge on any atom is 0.0963 e. The predicted octanol–water partition coefficient (Wildman–Crippen LogP) is 6.95. The number of unbranched alkanes of at least 4 members (excludes halogenated alkanes) is 4. The Labute approximate surface area is 142 Å². The molecular weight excluding hydrogens is 266 g/mol. The summed E-state index contributed by atoms with van der Waals surface area (Å²) >= 11 is 0. The molecule has 0 aromatic carbocycles. The average Bonchev–Trinajstić information content (AvgIpc) is 2.52. The van der Waals surface area contributed by atoms with Gasteiger partial charge >= 0.3 is 0 Å². The van der Waals surface area contributed by atoms with E-state index in [4.69, 9.17) is 0 Å². The quantitative estimate of drug-likeness (QED) is 0.287. The van der Waals surface area contributed by atoms with Gasteiger partial charge in [-0.1, -0.05) is 66.7 Å². The van der Waals surface area contributed by atoms with Crippen molar-refractivity contribution in [3.8, 4) is 0 Å². The van der Waals surface area contributed by atoms with Crippen LogP contribution in [0.4, 0.5) is 0 Å². The van der Waals surface area contributed by atoms with Crippen molar-refractivity contribution in [3.05, 3.63) is 0 Å². The van der Waals surface area contributed by atoms with Gasteiger partial charge in [-0.05, 0) is 32.6 Å². The van der Waals surface area contributed by atoms with Crippen molar-refractivity contribution in [1.29, 1.82) is 0 Å². The molecule has 0 fully saturated rings. The summed E-state index contributed by atoms with van der Waals surface area (Å²) in [6.45, 7) is 18.7. The highest BCUT2D eigenvalue weighted by atomic mass is 15.4. The SMILES string of the molecule is CCCCC(C)(CCC)[N+](CCCC)(CCCC)CCCC. The molecule has 1 unspecified atom stereocenters. The molecule has 0 aromatic heterocycles. The molecule has 0 aromatic rings. The highest BCUT2D eigenvalue weighted by Gasteiger charge is 2.44. The number of quaternary nitrogens is 1. The minimum Gasteiger partial charge on any atom is -0.319 e. The summed E-state index contributed by atoms with van der Waals surface area (Å²) in [6, 6.07) is 0. The van der Waals surface area contributed by atoms with Crippen LogP contribution < -0.4 is 0 Å². The lowest BCUT2D eigenvalue weighted by Gasteiger charge is -2.53. The third-order valence-electron chi connectivity index (χ3n) is 5.82. The second-order valence-electron chi connectivity index (χ2n) is 7.73. The van der Waals surface area contributed by atoms with E-state index in [0.717, 1.165) is 0 Å². The second kappa shape index (κ2) is 12.4. The van der Waals surface area contributed by atoms with Crippen LogP contribution in [0.1, 0.15) is 112 Å². The van der Waals surface area contributed by atoms with Crippen LogP contribution in [0.25, 0.3) is 0 Å². The molecule has 0 aliphatic rings. The smallest absolute Gasteiger partial charge is 0.0963 e. The summed E-state index contributed by atoms with van der Waals surface area (Å²) in [4.78, 5) is 0. The first-order valence-corrected chi connectivity index (χ1v) is 10.4. The van der Waals surface area contributed by atoms with Gasteiger partial charge in [0.1, 0.15) is 0 Å². The fraction of sp³-hybridized carbons (Fsp3) is 1.00. The van der Waals surface area contributed by atoms with Gasteiger partial charge in [0.05, 0.1) is 25.2 Å². The molecule has 0 aliphatic heterocycles. The summed E-state index contributed by atoms with van der Waals surface area (Å²) in [7, 11) is 0. The monoisotopic (exact) mass is 312 g/mol. The third-order valence-corrected chi connectivity index (χ3v) is 5.82. The molecule has 0 rings (SSSR count). The van der Waals surface area contributed by atoms with Gasteiger partial charge in [-0.3, -0.25) is 0 Å². The molecule has 0 N–H and O–H groups in total. The van der Waals surface area contributed by atoms with Crippen molar-refractivity contribution < 1.29 is 4.48 Å². The van der Waals surface area contributed by atoms with Gasteiger partial charge in [0.15, 0.2) is 0 Å². The van der Waals surface area contributed by atoms with Crippen LogP contribution in [0, 0.1) is 0 Å². The van der Waals surface area contributed by atoms with E-state index in [1.807, 2.05) is 0 Å². The van der Waals surface area contributed by atoms with Gasteiger partial charge in [0.2, 0.25) is 0 Å². The van der Waals surface area contributed by atoms with Crippen LogP contribution in [0.5, 0.6) is 0 Å². The zero-order valence-corrected chi connectivity index (χ0v) is 16.8. The summed E-state index contributed by atoms with van der Waals surface area (Å²) in [5.41, 5.74) is 0.504. The summed E-state index contributed by atoms with van der Waals surface area (Å²) in [5.74, 6) is 0. The van der Waals surface area contributed by atoms with E-state index in [-0.39, 0.29) is 0 Å². The van der Waals surface area contributed by atoms with Gasteiger partial charge in [-0.2, -0.15) is 0 Å². The first-order chi connectivity index (χ1) is 10.6. The summed E-state index contributed by atoms with van der Waals surface area (Å²) in [6.07, 6.45) is 15.1. The topological polar surface area (TPSA) is 0 Å². The molecular formula is C21H46N+. The third kappa shape index (κ3) is 6.60. The standard InChI is InChI=1S/C21H46N/c1-7-12-17-21(6,16-11-5)22(18-13-8-2,19-14-9-3)20-15-10-4/h7-20H2,1-6H3/q+1. The lowest BCUT2D eigenvalue weighted by atomic mass is 9.83. The highest BCUT2D eigenvalue weighted by molar-refractivity contribution is 4.78. The van der Waals surface area contributed by atoms with Crippen LogP contribution in [0.2, 0.25) is 0 Å². The van der Waals surface area contributed by atoms with Crippen molar-refractivity contribution in [2.75, 3.05) is 19.6 Å². The molecule has 0 saturated heterocycles. The largest absolute Gasteiger partial charge is 0.319 e. The van der Waals surface area contributed by atoms with Gasteiger partial charge in [-0.25, -0.2) is 0 Å². The Morgan fingerprint density at radius 1 is 0.545 bits per heavy atom. The van der Waals surface area contributed by atoms with E-state index in [1.165, 1.54) is 94.7 Å². The maximum absolute atomic E-state index is 2.63. The summed E-state index contributed by atoms with van der Waals surface area (Å²) in [5, 5.41) is 0. The van der Waals surface area contributed by atoms with Crippen LogP contribution in [-0.2, 0) is 0 Å². The highest BCUT2D eigenvalue weighted by Crippen LogP contribution is 2.36. The van der Waals surface area contributed by atoms with Crippen LogP contribution >= 0.6 is 0 Å². The van der Waals surface area contributed by atoms with Crippen molar-refractivity contribution in [3.63, 3.8) is 0 Å². The average molecular weight is 313 g/mol.